The SMILES string of the molecule is Cn1cncc1CSc1nnnn1-c1ccc(O)cc1. The first-order chi connectivity index (χ1) is 9.74. The summed E-state index contributed by atoms with van der Waals surface area (Å²) in [5, 5.41) is 21.7. The van der Waals surface area contributed by atoms with Crippen LogP contribution in [0.2, 0.25) is 0 Å². The van der Waals surface area contributed by atoms with Crippen molar-refractivity contribution in [3.05, 3.63) is 42.5 Å². The summed E-state index contributed by atoms with van der Waals surface area (Å²) in [5.74, 6) is 0.945. The standard InChI is InChI=1S/C12H12N6OS/c1-17-8-13-6-10(17)7-20-12-14-15-16-18(12)9-2-4-11(19)5-3-9/h2-6,8,19H,7H2,1H3. The Morgan fingerprint density at radius 2 is 2.05 bits per heavy atom. The van der Waals surface area contributed by atoms with E-state index in [1.54, 1.807) is 35.3 Å². The Morgan fingerprint density at radius 3 is 2.75 bits per heavy atom. The molecular weight excluding hydrogens is 276 g/mol. The smallest absolute Gasteiger partial charge is 0.214 e. The molecule has 2 heterocycles. The molecule has 0 amide bonds. The Balaban J connectivity index is 1.80. The minimum atomic E-state index is 0.214. The summed E-state index contributed by atoms with van der Waals surface area (Å²) in [6.07, 6.45) is 3.58. The summed E-state index contributed by atoms with van der Waals surface area (Å²) >= 11 is 1.53. The zero-order valence-electron chi connectivity index (χ0n) is 10.7. The summed E-state index contributed by atoms with van der Waals surface area (Å²) < 4.78 is 3.60. The Bertz CT molecular complexity index is 705. The average Bonchev–Trinajstić information content (AvgIpc) is 3.06. The van der Waals surface area contributed by atoms with E-state index in [0.717, 1.165) is 17.1 Å². The van der Waals surface area contributed by atoms with Crippen molar-refractivity contribution in [2.75, 3.05) is 0 Å². The van der Waals surface area contributed by atoms with Crippen LogP contribution in [0.5, 0.6) is 5.75 Å². The number of rotatable bonds is 4. The fourth-order valence-electron chi connectivity index (χ4n) is 1.69. The van der Waals surface area contributed by atoms with Gasteiger partial charge in [-0.1, -0.05) is 11.8 Å². The van der Waals surface area contributed by atoms with Crippen LogP contribution in [-0.4, -0.2) is 34.9 Å². The second-order valence-electron chi connectivity index (χ2n) is 4.17. The van der Waals surface area contributed by atoms with E-state index in [4.69, 9.17) is 0 Å². The minimum absolute atomic E-state index is 0.214. The van der Waals surface area contributed by atoms with Gasteiger partial charge in [-0.05, 0) is 34.7 Å². The van der Waals surface area contributed by atoms with Crippen LogP contribution >= 0.6 is 11.8 Å². The third-order valence-corrected chi connectivity index (χ3v) is 3.75. The first-order valence-corrected chi connectivity index (χ1v) is 6.88. The summed E-state index contributed by atoms with van der Waals surface area (Å²) in [6.45, 7) is 0. The lowest BCUT2D eigenvalue weighted by Gasteiger charge is -2.04. The van der Waals surface area contributed by atoms with Gasteiger partial charge in [-0.15, -0.1) is 5.10 Å². The van der Waals surface area contributed by atoms with Crippen molar-refractivity contribution in [1.82, 2.24) is 29.8 Å². The van der Waals surface area contributed by atoms with Gasteiger partial charge in [0.1, 0.15) is 5.75 Å². The third kappa shape index (κ3) is 2.50. The van der Waals surface area contributed by atoms with Gasteiger partial charge in [0.25, 0.3) is 0 Å². The minimum Gasteiger partial charge on any atom is -0.508 e. The number of aromatic hydroxyl groups is 1. The van der Waals surface area contributed by atoms with Crippen molar-refractivity contribution in [3.63, 3.8) is 0 Å². The lowest BCUT2D eigenvalue weighted by Crippen LogP contribution is -1.99. The van der Waals surface area contributed by atoms with Crippen molar-refractivity contribution >= 4 is 11.8 Å². The van der Waals surface area contributed by atoms with Crippen LogP contribution in [0.4, 0.5) is 0 Å². The highest BCUT2D eigenvalue weighted by Crippen LogP contribution is 2.22. The van der Waals surface area contributed by atoms with Gasteiger partial charge >= 0.3 is 0 Å². The molecular formula is C12H12N6OS. The van der Waals surface area contributed by atoms with Crippen molar-refractivity contribution in [1.29, 1.82) is 0 Å². The zero-order chi connectivity index (χ0) is 13.9. The number of benzene rings is 1. The molecule has 0 aliphatic heterocycles. The van der Waals surface area contributed by atoms with Crippen LogP contribution < -0.4 is 0 Å². The number of phenolic OH excluding ortho intramolecular Hbond substituents is 1. The Morgan fingerprint density at radius 1 is 1.25 bits per heavy atom. The van der Waals surface area contributed by atoms with Crippen LogP contribution in [-0.2, 0) is 12.8 Å². The van der Waals surface area contributed by atoms with Gasteiger partial charge in [0.05, 0.1) is 12.0 Å². The molecule has 2 aromatic heterocycles. The van der Waals surface area contributed by atoms with Gasteiger partial charge in [0.2, 0.25) is 5.16 Å². The molecule has 0 saturated carbocycles. The number of aryl methyl sites for hydroxylation is 1. The van der Waals surface area contributed by atoms with Crippen molar-refractivity contribution in [3.8, 4) is 11.4 Å². The maximum atomic E-state index is 9.31. The molecule has 0 fully saturated rings. The van der Waals surface area contributed by atoms with Crippen LogP contribution in [0.25, 0.3) is 5.69 Å². The molecule has 7 nitrogen and oxygen atoms in total. The molecule has 1 aromatic carbocycles. The molecule has 3 rings (SSSR count). The van der Waals surface area contributed by atoms with Crippen molar-refractivity contribution in [2.24, 2.45) is 7.05 Å². The Kier molecular flexibility index (Phi) is 3.38. The number of imidazole rings is 1. The number of hydrogen-bond donors (Lipinski definition) is 1. The average molecular weight is 288 g/mol. The molecule has 0 unspecified atom stereocenters. The lowest BCUT2D eigenvalue weighted by molar-refractivity contribution is 0.475. The van der Waals surface area contributed by atoms with E-state index in [1.165, 1.54) is 11.8 Å². The Hall–Kier alpha value is -2.35. The number of tetrazole rings is 1. The van der Waals surface area contributed by atoms with Crippen molar-refractivity contribution < 1.29 is 5.11 Å². The molecule has 20 heavy (non-hydrogen) atoms. The first-order valence-electron chi connectivity index (χ1n) is 5.90. The van der Waals surface area contributed by atoms with Gasteiger partial charge in [0.15, 0.2) is 0 Å². The van der Waals surface area contributed by atoms with E-state index in [1.807, 2.05) is 17.8 Å². The highest BCUT2D eigenvalue weighted by atomic mass is 32.2. The quantitative estimate of drug-likeness (QED) is 0.731. The van der Waals surface area contributed by atoms with E-state index in [2.05, 4.69) is 20.5 Å². The van der Waals surface area contributed by atoms with Gasteiger partial charge in [-0.25, -0.2) is 4.98 Å². The van der Waals surface area contributed by atoms with Crippen molar-refractivity contribution in [2.45, 2.75) is 10.9 Å². The first kappa shape index (κ1) is 12.7. The highest BCUT2D eigenvalue weighted by Gasteiger charge is 2.10. The second kappa shape index (κ2) is 5.33. The lowest BCUT2D eigenvalue weighted by atomic mass is 10.3. The fourth-order valence-corrected chi connectivity index (χ4v) is 2.60. The molecule has 3 aromatic rings. The third-order valence-electron chi connectivity index (χ3n) is 2.80. The van der Waals surface area contributed by atoms with Gasteiger partial charge in [0, 0.05) is 24.7 Å². The maximum absolute atomic E-state index is 9.31. The van der Waals surface area contributed by atoms with E-state index >= 15 is 0 Å². The molecule has 8 heteroatoms. The maximum Gasteiger partial charge on any atom is 0.214 e. The topological polar surface area (TPSA) is 81.7 Å². The number of aromatic nitrogens is 6. The molecule has 102 valence electrons. The predicted octanol–water partition coefficient (Wildman–Crippen LogP) is 1.39. The molecule has 0 aliphatic rings. The normalized spacial score (nSPS) is 10.8. The van der Waals surface area contributed by atoms with Crippen LogP contribution in [0.3, 0.4) is 0 Å². The Labute approximate surface area is 119 Å². The summed E-state index contributed by atoms with van der Waals surface area (Å²) in [4.78, 5) is 4.08. The molecule has 0 aliphatic carbocycles. The molecule has 0 saturated heterocycles. The molecule has 0 bridgehead atoms. The fraction of sp³-hybridized carbons (Fsp3) is 0.167. The summed E-state index contributed by atoms with van der Waals surface area (Å²) in [6, 6.07) is 6.73. The largest absolute Gasteiger partial charge is 0.508 e. The molecule has 0 radical (unpaired) electrons. The predicted molar refractivity (Wildman–Crippen MR) is 73.6 cm³/mol. The number of phenols is 1. The highest BCUT2D eigenvalue weighted by molar-refractivity contribution is 7.98. The van der Waals surface area contributed by atoms with E-state index in [0.29, 0.717) is 5.16 Å². The summed E-state index contributed by atoms with van der Waals surface area (Å²) in [7, 11) is 1.95. The monoisotopic (exact) mass is 288 g/mol. The zero-order valence-corrected chi connectivity index (χ0v) is 11.5. The second-order valence-corrected chi connectivity index (χ2v) is 5.12. The number of nitrogens with zero attached hydrogens (tertiary/aromatic N) is 6. The number of thioether (sulfide) groups is 1. The van der Waals surface area contributed by atoms with Crippen LogP contribution in [0.15, 0.2) is 41.9 Å². The molecule has 0 spiro atoms. The van der Waals surface area contributed by atoms with E-state index in [9.17, 15) is 5.11 Å². The number of hydrogen-bond acceptors (Lipinski definition) is 6. The molecule has 1 N–H and O–H groups in total. The van der Waals surface area contributed by atoms with Gasteiger partial charge in [-0.3, -0.25) is 0 Å². The van der Waals surface area contributed by atoms with Crippen LogP contribution in [0, 0.1) is 0 Å². The van der Waals surface area contributed by atoms with Crippen LogP contribution in [0.1, 0.15) is 5.69 Å². The van der Waals surface area contributed by atoms with Gasteiger partial charge < -0.3 is 9.67 Å². The summed E-state index contributed by atoms with van der Waals surface area (Å²) in [5.41, 5.74) is 1.90. The molecule has 0 atom stereocenters. The van der Waals surface area contributed by atoms with E-state index < -0.39 is 0 Å². The van der Waals surface area contributed by atoms with E-state index in [-0.39, 0.29) is 5.75 Å². The van der Waals surface area contributed by atoms with Gasteiger partial charge in [-0.2, -0.15) is 4.68 Å².